The Balaban J connectivity index is 1.94. The Labute approximate surface area is 160 Å². The molecule has 1 aliphatic heterocycles. The van der Waals surface area contributed by atoms with Gasteiger partial charge < -0.3 is 4.90 Å². The van der Waals surface area contributed by atoms with Crippen molar-refractivity contribution in [2.24, 2.45) is 7.05 Å². The molecule has 0 aliphatic carbocycles. The summed E-state index contributed by atoms with van der Waals surface area (Å²) in [5.74, 6) is -0.155. The monoisotopic (exact) mass is 416 g/mol. The third-order valence-corrected chi connectivity index (χ3v) is 5.91. The van der Waals surface area contributed by atoms with E-state index in [-0.39, 0.29) is 22.9 Å². The van der Waals surface area contributed by atoms with Gasteiger partial charge >= 0.3 is 6.18 Å². The van der Waals surface area contributed by atoms with Crippen LogP contribution in [0.1, 0.15) is 30.0 Å². The van der Waals surface area contributed by atoms with E-state index < -0.39 is 27.8 Å². The minimum atomic E-state index is -4.56. The molecule has 1 aliphatic rings. The van der Waals surface area contributed by atoms with Crippen LogP contribution in [0.25, 0.3) is 0 Å². The summed E-state index contributed by atoms with van der Waals surface area (Å²) in [5, 5.41) is 3.81. The highest BCUT2D eigenvalue weighted by Gasteiger charge is 2.33. The maximum atomic E-state index is 13.1. The molecule has 1 N–H and O–H groups in total. The Hall–Kier alpha value is -2.40. The SMILES string of the molecule is Cn1cc(S(=O)(=O)N[C@H](CN2CCCC2=O)c2cccc(C(F)(F)F)c2)cn1. The summed E-state index contributed by atoms with van der Waals surface area (Å²) >= 11 is 0. The molecule has 28 heavy (non-hydrogen) atoms. The van der Waals surface area contributed by atoms with Crippen LogP contribution < -0.4 is 4.72 Å². The highest BCUT2D eigenvalue weighted by atomic mass is 32.2. The van der Waals surface area contributed by atoms with Crippen molar-refractivity contribution >= 4 is 15.9 Å². The zero-order valence-corrected chi connectivity index (χ0v) is 15.8. The number of nitrogens with one attached hydrogen (secondary N) is 1. The van der Waals surface area contributed by atoms with Gasteiger partial charge in [0.05, 0.1) is 17.8 Å². The fourth-order valence-electron chi connectivity index (χ4n) is 3.05. The van der Waals surface area contributed by atoms with E-state index in [1.54, 1.807) is 7.05 Å². The lowest BCUT2D eigenvalue weighted by molar-refractivity contribution is -0.137. The zero-order valence-electron chi connectivity index (χ0n) is 15.0. The van der Waals surface area contributed by atoms with Crippen LogP contribution in [-0.4, -0.2) is 42.1 Å². The van der Waals surface area contributed by atoms with Crippen LogP contribution in [-0.2, 0) is 28.0 Å². The summed E-state index contributed by atoms with van der Waals surface area (Å²) < 4.78 is 68.3. The minimum Gasteiger partial charge on any atom is -0.341 e. The molecule has 11 heteroatoms. The number of nitrogens with zero attached hydrogens (tertiary/aromatic N) is 3. The van der Waals surface area contributed by atoms with Crippen LogP contribution in [0.4, 0.5) is 13.2 Å². The molecule has 152 valence electrons. The molecule has 1 aromatic carbocycles. The molecule has 7 nitrogen and oxygen atoms in total. The van der Waals surface area contributed by atoms with Gasteiger partial charge in [-0.2, -0.15) is 18.3 Å². The maximum Gasteiger partial charge on any atom is 0.416 e. The highest BCUT2D eigenvalue weighted by molar-refractivity contribution is 7.89. The van der Waals surface area contributed by atoms with Gasteiger partial charge in [-0.3, -0.25) is 9.48 Å². The molecule has 0 spiro atoms. The van der Waals surface area contributed by atoms with Crippen LogP contribution >= 0.6 is 0 Å². The van der Waals surface area contributed by atoms with Crippen molar-refractivity contribution in [1.29, 1.82) is 0 Å². The molecule has 0 bridgehead atoms. The van der Waals surface area contributed by atoms with Gasteiger partial charge in [0, 0.05) is 32.8 Å². The third kappa shape index (κ3) is 4.53. The smallest absolute Gasteiger partial charge is 0.341 e. The van der Waals surface area contributed by atoms with Gasteiger partial charge in [0.1, 0.15) is 4.90 Å². The molecule has 0 radical (unpaired) electrons. The number of halogens is 3. The van der Waals surface area contributed by atoms with Crippen molar-refractivity contribution in [2.45, 2.75) is 30.0 Å². The normalized spacial score (nSPS) is 16.6. The topological polar surface area (TPSA) is 84.3 Å². The number of aryl methyl sites for hydroxylation is 1. The second kappa shape index (κ2) is 7.55. The van der Waals surface area contributed by atoms with Crippen molar-refractivity contribution in [3.8, 4) is 0 Å². The van der Waals surface area contributed by atoms with E-state index in [2.05, 4.69) is 9.82 Å². The second-order valence-corrected chi connectivity index (χ2v) is 8.30. The quantitative estimate of drug-likeness (QED) is 0.782. The number of benzene rings is 1. The zero-order chi connectivity index (χ0) is 20.5. The van der Waals surface area contributed by atoms with Gasteiger partial charge in [0.25, 0.3) is 0 Å². The van der Waals surface area contributed by atoms with Crippen LogP contribution in [0, 0.1) is 0 Å². The molecule has 0 saturated carbocycles. The summed E-state index contributed by atoms with van der Waals surface area (Å²) in [4.78, 5) is 13.3. The molecule has 2 aromatic rings. The summed E-state index contributed by atoms with van der Waals surface area (Å²) in [7, 11) is -2.50. The molecular formula is C17H19F3N4O3S. The van der Waals surface area contributed by atoms with E-state index in [0.29, 0.717) is 19.4 Å². The van der Waals surface area contributed by atoms with Gasteiger partial charge in [-0.25, -0.2) is 13.1 Å². The predicted molar refractivity (Wildman–Crippen MR) is 93.5 cm³/mol. The number of hydrogen-bond donors (Lipinski definition) is 1. The van der Waals surface area contributed by atoms with Crippen LogP contribution in [0.2, 0.25) is 0 Å². The van der Waals surface area contributed by atoms with Gasteiger partial charge in [0.2, 0.25) is 15.9 Å². The molecule has 0 unspecified atom stereocenters. The van der Waals surface area contributed by atoms with Gasteiger partial charge in [-0.1, -0.05) is 12.1 Å². The summed E-state index contributed by atoms with van der Waals surface area (Å²) in [6.07, 6.45) is -1.17. The maximum absolute atomic E-state index is 13.1. The van der Waals surface area contributed by atoms with Crippen LogP contribution in [0.5, 0.6) is 0 Å². The summed E-state index contributed by atoms with van der Waals surface area (Å²) in [5.41, 5.74) is -0.759. The number of amides is 1. The average Bonchev–Trinajstić information content (AvgIpc) is 3.23. The summed E-state index contributed by atoms with van der Waals surface area (Å²) in [6.45, 7) is 0.378. The summed E-state index contributed by atoms with van der Waals surface area (Å²) in [6, 6.07) is 3.41. The van der Waals surface area contributed by atoms with Crippen LogP contribution in [0.15, 0.2) is 41.6 Å². The first-order valence-electron chi connectivity index (χ1n) is 8.52. The van der Waals surface area contributed by atoms with Crippen molar-refractivity contribution < 1.29 is 26.4 Å². The largest absolute Gasteiger partial charge is 0.416 e. The van der Waals surface area contributed by atoms with E-state index in [0.717, 1.165) is 18.3 Å². The van der Waals surface area contributed by atoms with Gasteiger partial charge in [-0.15, -0.1) is 0 Å². The number of sulfonamides is 1. The van der Waals surface area contributed by atoms with Crippen molar-refractivity contribution in [3.63, 3.8) is 0 Å². The molecular weight excluding hydrogens is 397 g/mol. The van der Waals surface area contributed by atoms with Gasteiger partial charge in [-0.05, 0) is 24.1 Å². The molecule has 1 atom stereocenters. The number of likely N-dealkylation sites (tertiary alicyclic amines) is 1. The first kappa shape index (κ1) is 20.3. The number of rotatable bonds is 6. The molecule has 1 saturated heterocycles. The predicted octanol–water partition coefficient (Wildman–Crippen LogP) is 2.08. The number of carbonyl (C=O) groups is 1. The van der Waals surface area contributed by atoms with Crippen LogP contribution in [0.3, 0.4) is 0 Å². The average molecular weight is 416 g/mol. The fourth-order valence-corrected chi connectivity index (χ4v) is 4.25. The molecule has 3 rings (SSSR count). The molecule has 2 heterocycles. The van der Waals surface area contributed by atoms with Crippen molar-refractivity contribution in [2.75, 3.05) is 13.1 Å². The van der Waals surface area contributed by atoms with Crippen molar-refractivity contribution in [3.05, 3.63) is 47.8 Å². The number of carbonyl (C=O) groups excluding carboxylic acids is 1. The Morgan fingerprint density at radius 2 is 2.07 bits per heavy atom. The van der Waals surface area contributed by atoms with Gasteiger partial charge in [0.15, 0.2) is 0 Å². The van der Waals surface area contributed by atoms with E-state index in [1.807, 2.05) is 0 Å². The van der Waals surface area contributed by atoms with E-state index >= 15 is 0 Å². The molecule has 1 aromatic heterocycles. The highest BCUT2D eigenvalue weighted by Crippen LogP contribution is 2.31. The number of aromatic nitrogens is 2. The second-order valence-electron chi connectivity index (χ2n) is 6.59. The minimum absolute atomic E-state index is 0.0559. The lowest BCUT2D eigenvalue weighted by atomic mass is 10.0. The standard InChI is InChI=1S/C17H19F3N4O3S/c1-23-10-14(9-21-23)28(26,27)22-15(11-24-7-3-6-16(24)25)12-4-2-5-13(8-12)17(18,19)20/h2,4-5,8-10,15,22H,3,6-7,11H2,1H3/t15-/m1/s1. The Kier molecular flexibility index (Phi) is 5.48. The fraction of sp³-hybridized carbons (Fsp3) is 0.412. The first-order chi connectivity index (χ1) is 13.1. The Bertz CT molecular complexity index is 972. The van der Waals surface area contributed by atoms with E-state index in [1.165, 1.54) is 27.9 Å². The molecule has 1 fully saturated rings. The van der Waals surface area contributed by atoms with Crippen molar-refractivity contribution in [1.82, 2.24) is 19.4 Å². The first-order valence-corrected chi connectivity index (χ1v) is 10.0. The Morgan fingerprint density at radius 1 is 1.32 bits per heavy atom. The third-order valence-electron chi connectivity index (χ3n) is 4.48. The number of alkyl halides is 3. The molecule has 1 amide bonds. The Morgan fingerprint density at radius 3 is 2.64 bits per heavy atom. The van der Waals surface area contributed by atoms with E-state index in [4.69, 9.17) is 0 Å². The van der Waals surface area contributed by atoms with E-state index in [9.17, 15) is 26.4 Å². The number of hydrogen-bond acceptors (Lipinski definition) is 4. The lowest BCUT2D eigenvalue weighted by Crippen LogP contribution is -2.38. The lowest BCUT2D eigenvalue weighted by Gasteiger charge is -2.25.